The van der Waals surface area contributed by atoms with Crippen LogP contribution in [0.25, 0.3) is 10.9 Å². The van der Waals surface area contributed by atoms with Crippen molar-refractivity contribution in [1.82, 2.24) is 4.57 Å². The van der Waals surface area contributed by atoms with Crippen LogP contribution in [0.2, 0.25) is 0 Å². The second kappa shape index (κ2) is 4.37. The Morgan fingerprint density at radius 2 is 1.95 bits per heavy atom. The van der Waals surface area contributed by atoms with Crippen LogP contribution in [0, 0.1) is 12.7 Å². The molecule has 0 saturated carbocycles. The number of fused-ring (bicyclic) bond motifs is 1. The van der Waals surface area contributed by atoms with Crippen LogP contribution in [0.4, 0.5) is 4.39 Å². The van der Waals surface area contributed by atoms with Crippen molar-refractivity contribution in [2.45, 2.75) is 40.2 Å². The maximum absolute atomic E-state index is 14.2. The van der Waals surface area contributed by atoms with Crippen molar-refractivity contribution >= 4 is 16.8 Å². The number of aromatic nitrogens is 1. The summed E-state index contributed by atoms with van der Waals surface area (Å²) in [4.78, 5) is 11.6. The number of halogens is 1. The lowest BCUT2D eigenvalue weighted by atomic mass is 10.2. The molecule has 0 atom stereocenters. The topological polar surface area (TPSA) is 31.2 Å². The first-order valence-corrected chi connectivity index (χ1v) is 6.21. The van der Waals surface area contributed by atoms with Gasteiger partial charge in [0.1, 0.15) is 11.4 Å². The van der Waals surface area contributed by atoms with E-state index in [1.807, 2.05) is 20.8 Å². The van der Waals surface area contributed by atoms with Crippen LogP contribution in [-0.2, 0) is 0 Å². The summed E-state index contributed by atoms with van der Waals surface area (Å²) in [5.74, 6) is 0.0278. The third kappa shape index (κ3) is 2.48. The predicted molar refractivity (Wildman–Crippen MR) is 73.3 cm³/mol. The number of hydrogen-bond acceptors (Lipinski definition) is 2. The van der Waals surface area contributed by atoms with Crippen molar-refractivity contribution in [3.63, 3.8) is 0 Å². The van der Waals surface area contributed by atoms with E-state index < -0.39 is 0 Å². The largest absolute Gasteiger partial charge is 0.488 e. The molecule has 3 nitrogen and oxygen atoms in total. The lowest BCUT2D eigenvalue weighted by molar-refractivity contribution is 0.0938. The minimum Gasteiger partial charge on any atom is -0.488 e. The monoisotopic (exact) mass is 263 g/mol. The van der Waals surface area contributed by atoms with Gasteiger partial charge in [0, 0.05) is 12.3 Å². The Morgan fingerprint density at radius 1 is 1.32 bits per heavy atom. The van der Waals surface area contributed by atoms with Gasteiger partial charge in [-0.1, -0.05) is 0 Å². The van der Waals surface area contributed by atoms with Gasteiger partial charge in [-0.3, -0.25) is 9.36 Å². The molecule has 2 aromatic rings. The average Bonchev–Trinajstić information content (AvgIpc) is 2.50. The Morgan fingerprint density at radius 3 is 2.47 bits per heavy atom. The Hall–Kier alpha value is -1.84. The number of ether oxygens (including phenoxy) is 1. The van der Waals surface area contributed by atoms with Crippen LogP contribution in [0.5, 0.6) is 5.75 Å². The second-order valence-electron chi connectivity index (χ2n) is 5.65. The molecule has 4 heteroatoms. The van der Waals surface area contributed by atoms with Crippen molar-refractivity contribution < 1.29 is 13.9 Å². The molecule has 0 aliphatic carbocycles. The molecular weight excluding hydrogens is 245 g/mol. The van der Waals surface area contributed by atoms with Crippen molar-refractivity contribution in [2.75, 3.05) is 0 Å². The van der Waals surface area contributed by atoms with E-state index in [1.165, 1.54) is 11.5 Å². The maximum atomic E-state index is 14.2. The highest BCUT2D eigenvalue weighted by atomic mass is 19.1. The van der Waals surface area contributed by atoms with E-state index in [1.54, 1.807) is 25.1 Å². The molecule has 1 aromatic heterocycles. The number of carbonyl (C=O) groups excluding carboxylic acids is 1. The molecular formula is C15H18FNO2. The highest BCUT2D eigenvalue weighted by molar-refractivity contribution is 5.93. The van der Waals surface area contributed by atoms with E-state index >= 15 is 0 Å². The van der Waals surface area contributed by atoms with Crippen LogP contribution in [0.15, 0.2) is 18.2 Å². The number of hydrogen-bond donors (Lipinski definition) is 0. The number of carbonyl (C=O) groups is 1. The van der Waals surface area contributed by atoms with Crippen LogP contribution in [0.3, 0.4) is 0 Å². The molecule has 19 heavy (non-hydrogen) atoms. The lowest BCUT2D eigenvalue weighted by Gasteiger charge is -2.21. The molecule has 0 spiro atoms. The summed E-state index contributed by atoms with van der Waals surface area (Å²) in [5, 5.41) is 0.412. The zero-order valence-corrected chi connectivity index (χ0v) is 11.9. The summed E-state index contributed by atoms with van der Waals surface area (Å²) < 4.78 is 21.3. The summed E-state index contributed by atoms with van der Waals surface area (Å²) >= 11 is 0. The van der Waals surface area contributed by atoms with Gasteiger partial charge in [-0.15, -0.1) is 0 Å². The van der Waals surface area contributed by atoms with Crippen LogP contribution < -0.4 is 4.74 Å². The molecule has 0 amide bonds. The lowest BCUT2D eigenvalue weighted by Crippen LogP contribution is -2.22. The van der Waals surface area contributed by atoms with Crippen LogP contribution in [0.1, 0.15) is 38.2 Å². The van der Waals surface area contributed by atoms with Crippen molar-refractivity contribution in [3.8, 4) is 5.75 Å². The van der Waals surface area contributed by atoms with Crippen molar-refractivity contribution in [3.05, 3.63) is 29.7 Å². The highest BCUT2D eigenvalue weighted by Gasteiger charge is 2.18. The first-order chi connectivity index (χ1) is 8.70. The number of rotatable bonds is 1. The standard InChI is InChI=1S/C15H18FNO2/c1-9-14(16)12-8-11(19-15(3,4)5)6-7-13(12)17(9)10(2)18/h6-8H,1-5H3. The maximum Gasteiger partial charge on any atom is 0.228 e. The Labute approximate surface area is 112 Å². The van der Waals surface area contributed by atoms with Gasteiger partial charge in [-0.25, -0.2) is 4.39 Å². The zero-order valence-electron chi connectivity index (χ0n) is 11.9. The molecule has 0 saturated heterocycles. The van der Waals surface area contributed by atoms with Crippen LogP contribution >= 0.6 is 0 Å². The van der Waals surface area contributed by atoms with Gasteiger partial charge in [0.05, 0.1) is 11.2 Å². The van der Waals surface area contributed by atoms with Gasteiger partial charge in [0.2, 0.25) is 5.91 Å². The molecule has 0 unspecified atom stereocenters. The molecule has 0 radical (unpaired) electrons. The van der Waals surface area contributed by atoms with E-state index in [4.69, 9.17) is 4.74 Å². The van der Waals surface area contributed by atoms with Crippen molar-refractivity contribution in [1.29, 1.82) is 0 Å². The summed E-state index contributed by atoms with van der Waals surface area (Å²) in [6.45, 7) is 8.81. The number of benzene rings is 1. The fraction of sp³-hybridized carbons (Fsp3) is 0.400. The Kier molecular flexibility index (Phi) is 3.12. The van der Waals surface area contributed by atoms with E-state index in [0.717, 1.165) is 0 Å². The van der Waals surface area contributed by atoms with Gasteiger partial charge >= 0.3 is 0 Å². The molecule has 0 N–H and O–H groups in total. The molecule has 0 aliphatic rings. The minimum atomic E-state index is -0.371. The van der Waals surface area contributed by atoms with Gasteiger partial charge < -0.3 is 4.74 Å². The summed E-state index contributed by atoms with van der Waals surface area (Å²) in [6.07, 6.45) is 0. The average molecular weight is 263 g/mol. The van der Waals surface area contributed by atoms with E-state index in [2.05, 4.69) is 0 Å². The molecule has 0 bridgehead atoms. The highest BCUT2D eigenvalue weighted by Crippen LogP contribution is 2.29. The fourth-order valence-electron chi connectivity index (χ4n) is 2.18. The van der Waals surface area contributed by atoms with Gasteiger partial charge in [-0.05, 0) is 45.9 Å². The fourth-order valence-corrected chi connectivity index (χ4v) is 2.18. The SMILES string of the molecule is CC(=O)n1c(C)c(F)c2cc(OC(C)(C)C)ccc21. The van der Waals surface area contributed by atoms with E-state index in [0.29, 0.717) is 22.3 Å². The quantitative estimate of drug-likeness (QED) is 0.780. The van der Waals surface area contributed by atoms with Gasteiger partial charge in [0.15, 0.2) is 5.82 Å². The zero-order chi connectivity index (χ0) is 14.4. The summed E-state index contributed by atoms with van der Waals surface area (Å²) in [6, 6.07) is 5.11. The van der Waals surface area contributed by atoms with E-state index in [9.17, 15) is 9.18 Å². The van der Waals surface area contributed by atoms with Crippen molar-refractivity contribution in [2.24, 2.45) is 0 Å². The van der Waals surface area contributed by atoms with Gasteiger partial charge in [-0.2, -0.15) is 0 Å². The first-order valence-electron chi connectivity index (χ1n) is 6.21. The summed E-state index contributed by atoms with van der Waals surface area (Å²) in [7, 11) is 0. The normalized spacial score (nSPS) is 11.9. The minimum absolute atomic E-state index is 0.198. The third-order valence-corrected chi connectivity index (χ3v) is 2.84. The smallest absolute Gasteiger partial charge is 0.228 e. The number of nitrogens with zero attached hydrogens (tertiary/aromatic N) is 1. The third-order valence-electron chi connectivity index (χ3n) is 2.84. The summed E-state index contributed by atoms with van der Waals surface area (Å²) in [5.41, 5.74) is 0.557. The first kappa shape index (κ1) is 13.6. The Bertz CT molecular complexity index is 650. The predicted octanol–water partition coefficient (Wildman–Crippen LogP) is 3.93. The van der Waals surface area contributed by atoms with Gasteiger partial charge in [0.25, 0.3) is 0 Å². The molecule has 0 aliphatic heterocycles. The molecule has 1 aromatic carbocycles. The van der Waals surface area contributed by atoms with E-state index in [-0.39, 0.29) is 17.3 Å². The molecule has 0 fully saturated rings. The molecule has 102 valence electrons. The van der Waals surface area contributed by atoms with Crippen LogP contribution in [-0.4, -0.2) is 16.1 Å². The Balaban J connectivity index is 2.62. The molecule has 1 heterocycles. The molecule has 2 rings (SSSR count). The second-order valence-corrected chi connectivity index (χ2v) is 5.65.